The van der Waals surface area contributed by atoms with E-state index in [1.807, 2.05) is 12.1 Å². The number of aromatic hydroxyl groups is 1. The number of phenols is 1. The maximum absolute atomic E-state index is 9.85. The van der Waals surface area contributed by atoms with Gasteiger partial charge in [-0.1, -0.05) is 19.9 Å². The van der Waals surface area contributed by atoms with Crippen LogP contribution in [0.15, 0.2) is 18.2 Å². The molecule has 0 spiro atoms. The van der Waals surface area contributed by atoms with E-state index in [0.29, 0.717) is 17.7 Å². The fourth-order valence-electron chi connectivity index (χ4n) is 4.55. The molecule has 1 N–H and O–H groups in total. The molecule has 1 unspecified atom stereocenters. The van der Waals surface area contributed by atoms with Crippen molar-refractivity contribution < 1.29 is 5.11 Å². The first kappa shape index (κ1) is 12.7. The standard InChI is InChI=1S/C18H25NO/c1-12-17-9-14-5-6-15(20)10-16(14)18(12,2)7-8-19(17)11-13-3-4-13/h5-6,10,12-13,17,20H,3-4,7-9,11H2,1-2H3/t12?,17-,18-/m1/s1. The molecule has 0 aromatic heterocycles. The summed E-state index contributed by atoms with van der Waals surface area (Å²) in [5.41, 5.74) is 3.12. The van der Waals surface area contributed by atoms with Gasteiger partial charge in [-0.2, -0.15) is 0 Å². The van der Waals surface area contributed by atoms with Gasteiger partial charge >= 0.3 is 0 Å². The van der Waals surface area contributed by atoms with Crippen LogP contribution in [-0.2, 0) is 11.8 Å². The highest BCUT2D eigenvalue weighted by molar-refractivity contribution is 5.44. The lowest BCUT2D eigenvalue weighted by Crippen LogP contribution is -2.58. The van der Waals surface area contributed by atoms with E-state index in [2.05, 4.69) is 24.8 Å². The molecule has 2 heteroatoms. The van der Waals surface area contributed by atoms with Gasteiger partial charge in [0.25, 0.3) is 0 Å². The second-order valence-electron chi connectivity index (χ2n) is 7.51. The first-order valence-corrected chi connectivity index (χ1v) is 8.14. The van der Waals surface area contributed by atoms with Gasteiger partial charge in [0.05, 0.1) is 0 Å². The van der Waals surface area contributed by atoms with Gasteiger partial charge in [-0.05, 0) is 72.7 Å². The average molecular weight is 271 g/mol. The molecule has 1 aromatic rings. The molecule has 2 bridgehead atoms. The van der Waals surface area contributed by atoms with Crippen molar-refractivity contribution in [2.75, 3.05) is 13.1 Å². The van der Waals surface area contributed by atoms with Crippen LogP contribution in [0.2, 0.25) is 0 Å². The zero-order valence-corrected chi connectivity index (χ0v) is 12.6. The van der Waals surface area contributed by atoms with Crippen molar-refractivity contribution in [2.45, 2.75) is 51.0 Å². The van der Waals surface area contributed by atoms with E-state index in [1.54, 1.807) is 0 Å². The van der Waals surface area contributed by atoms with Crippen LogP contribution in [0.1, 0.15) is 44.2 Å². The number of nitrogens with zero attached hydrogens (tertiary/aromatic N) is 1. The third-order valence-electron chi connectivity index (χ3n) is 6.30. The predicted molar refractivity (Wildman–Crippen MR) is 81.0 cm³/mol. The Labute approximate surface area is 121 Å². The van der Waals surface area contributed by atoms with Gasteiger partial charge in [-0.15, -0.1) is 0 Å². The molecule has 2 fully saturated rings. The largest absolute Gasteiger partial charge is 0.508 e. The first-order valence-electron chi connectivity index (χ1n) is 8.14. The molecule has 3 aliphatic rings. The highest BCUT2D eigenvalue weighted by Crippen LogP contribution is 2.49. The van der Waals surface area contributed by atoms with Crippen molar-refractivity contribution in [2.24, 2.45) is 11.8 Å². The van der Waals surface area contributed by atoms with Gasteiger partial charge in [0.2, 0.25) is 0 Å². The number of fused-ring (bicyclic) bond motifs is 4. The number of piperidine rings is 1. The summed E-state index contributed by atoms with van der Waals surface area (Å²) in [6.45, 7) is 7.39. The number of hydrogen-bond donors (Lipinski definition) is 1. The van der Waals surface area contributed by atoms with Crippen molar-refractivity contribution in [3.8, 4) is 5.75 Å². The smallest absolute Gasteiger partial charge is 0.115 e. The van der Waals surface area contributed by atoms with E-state index in [1.165, 1.54) is 49.9 Å². The molecule has 2 aliphatic carbocycles. The van der Waals surface area contributed by atoms with Crippen LogP contribution in [0, 0.1) is 11.8 Å². The van der Waals surface area contributed by atoms with Crippen molar-refractivity contribution in [1.82, 2.24) is 4.90 Å². The summed E-state index contributed by atoms with van der Waals surface area (Å²) < 4.78 is 0. The van der Waals surface area contributed by atoms with Gasteiger partial charge in [-0.25, -0.2) is 0 Å². The minimum atomic E-state index is 0.247. The van der Waals surface area contributed by atoms with Gasteiger partial charge in [0.15, 0.2) is 0 Å². The second-order valence-corrected chi connectivity index (χ2v) is 7.51. The summed E-state index contributed by atoms with van der Waals surface area (Å²) >= 11 is 0. The Bertz CT molecular complexity index is 536. The van der Waals surface area contributed by atoms with Gasteiger partial charge in [0, 0.05) is 12.6 Å². The van der Waals surface area contributed by atoms with Crippen LogP contribution in [0.3, 0.4) is 0 Å². The number of phenolic OH excluding ortho intramolecular Hbond substituents is 1. The Morgan fingerprint density at radius 3 is 2.90 bits per heavy atom. The van der Waals surface area contributed by atoms with Crippen LogP contribution in [-0.4, -0.2) is 29.1 Å². The first-order chi connectivity index (χ1) is 9.58. The summed E-state index contributed by atoms with van der Waals surface area (Å²) in [5, 5.41) is 9.85. The molecular formula is C18H25NO. The van der Waals surface area contributed by atoms with E-state index in [9.17, 15) is 5.11 Å². The molecule has 1 saturated carbocycles. The Morgan fingerprint density at radius 2 is 2.15 bits per heavy atom. The van der Waals surface area contributed by atoms with Gasteiger partial charge < -0.3 is 5.11 Å². The van der Waals surface area contributed by atoms with E-state index in [4.69, 9.17) is 0 Å². The quantitative estimate of drug-likeness (QED) is 0.892. The van der Waals surface area contributed by atoms with E-state index >= 15 is 0 Å². The van der Waals surface area contributed by atoms with Crippen LogP contribution in [0.25, 0.3) is 0 Å². The highest BCUT2D eigenvalue weighted by Gasteiger charge is 2.48. The van der Waals surface area contributed by atoms with E-state index in [-0.39, 0.29) is 5.41 Å². The summed E-state index contributed by atoms with van der Waals surface area (Å²) in [6.07, 6.45) is 5.28. The van der Waals surface area contributed by atoms with Crippen molar-refractivity contribution in [3.63, 3.8) is 0 Å². The summed E-state index contributed by atoms with van der Waals surface area (Å²) in [7, 11) is 0. The number of benzene rings is 1. The summed E-state index contributed by atoms with van der Waals surface area (Å²) in [4.78, 5) is 2.76. The SMILES string of the molecule is CC1[C@H]2Cc3ccc(O)cc3[C@]1(C)CCN2CC1CC1. The van der Waals surface area contributed by atoms with E-state index in [0.717, 1.165) is 5.92 Å². The fourth-order valence-corrected chi connectivity index (χ4v) is 4.55. The molecule has 3 atom stereocenters. The molecular weight excluding hydrogens is 246 g/mol. The molecule has 1 saturated heterocycles. The summed E-state index contributed by atoms with van der Waals surface area (Å²) in [5.74, 6) is 2.09. The van der Waals surface area contributed by atoms with Crippen LogP contribution in [0.4, 0.5) is 0 Å². The molecule has 20 heavy (non-hydrogen) atoms. The second kappa shape index (κ2) is 4.24. The average Bonchev–Trinajstić information content (AvgIpc) is 3.22. The minimum Gasteiger partial charge on any atom is -0.508 e. The van der Waals surface area contributed by atoms with Crippen LogP contribution >= 0.6 is 0 Å². The van der Waals surface area contributed by atoms with Gasteiger partial charge in [0.1, 0.15) is 5.75 Å². The lowest BCUT2D eigenvalue weighted by atomic mass is 9.59. The predicted octanol–water partition coefficient (Wildman–Crippen LogP) is 3.33. The monoisotopic (exact) mass is 271 g/mol. The van der Waals surface area contributed by atoms with Gasteiger partial charge in [-0.3, -0.25) is 4.90 Å². The molecule has 1 heterocycles. The third-order valence-corrected chi connectivity index (χ3v) is 6.30. The van der Waals surface area contributed by atoms with Crippen LogP contribution < -0.4 is 0 Å². The lowest BCUT2D eigenvalue weighted by Gasteiger charge is -2.54. The topological polar surface area (TPSA) is 23.5 Å². The normalized spacial score (nSPS) is 36.7. The maximum Gasteiger partial charge on any atom is 0.115 e. The third kappa shape index (κ3) is 1.81. The highest BCUT2D eigenvalue weighted by atomic mass is 16.3. The minimum absolute atomic E-state index is 0.247. The number of hydrogen-bond acceptors (Lipinski definition) is 2. The van der Waals surface area contributed by atoms with Crippen molar-refractivity contribution in [1.29, 1.82) is 0 Å². The molecule has 0 radical (unpaired) electrons. The zero-order valence-electron chi connectivity index (χ0n) is 12.6. The molecule has 1 aromatic carbocycles. The molecule has 2 nitrogen and oxygen atoms in total. The number of likely N-dealkylation sites (tertiary alicyclic amines) is 1. The Morgan fingerprint density at radius 1 is 1.35 bits per heavy atom. The van der Waals surface area contributed by atoms with Crippen molar-refractivity contribution >= 4 is 0 Å². The molecule has 1 aliphatic heterocycles. The van der Waals surface area contributed by atoms with Crippen LogP contribution in [0.5, 0.6) is 5.75 Å². The fraction of sp³-hybridized carbons (Fsp3) is 0.667. The zero-order chi connectivity index (χ0) is 13.9. The lowest BCUT2D eigenvalue weighted by molar-refractivity contribution is 0.0283. The van der Waals surface area contributed by atoms with Crippen molar-refractivity contribution in [3.05, 3.63) is 29.3 Å². The molecule has 4 rings (SSSR count). The Kier molecular flexibility index (Phi) is 2.69. The Hall–Kier alpha value is -1.02. The molecule has 108 valence electrons. The molecule has 0 amide bonds. The van der Waals surface area contributed by atoms with E-state index < -0.39 is 0 Å². The Balaban J connectivity index is 1.71. The summed E-state index contributed by atoms with van der Waals surface area (Å²) in [6, 6.07) is 6.74. The number of rotatable bonds is 2. The maximum atomic E-state index is 9.85.